The summed E-state index contributed by atoms with van der Waals surface area (Å²) in [6.07, 6.45) is 2.86. The Hall–Kier alpha value is -1.75. The molecule has 110 valence electrons. The lowest BCUT2D eigenvalue weighted by molar-refractivity contribution is 0.0937. The first-order chi connectivity index (χ1) is 9.65. The summed E-state index contributed by atoms with van der Waals surface area (Å²) in [6, 6.07) is 5.23. The lowest BCUT2D eigenvalue weighted by Crippen LogP contribution is -2.31. The van der Waals surface area contributed by atoms with Crippen molar-refractivity contribution in [3.8, 4) is 11.5 Å². The van der Waals surface area contributed by atoms with Gasteiger partial charge in [-0.05, 0) is 36.8 Å². The minimum atomic E-state index is -0.176. The van der Waals surface area contributed by atoms with Crippen molar-refractivity contribution in [2.24, 2.45) is 5.41 Å². The maximum atomic E-state index is 12.3. The molecule has 0 spiro atoms. The summed E-state index contributed by atoms with van der Waals surface area (Å²) in [5, 5.41) is 12.0. The van der Waals surface area contributed by atoms with Crippen LogP contribution in [0.25, 0.3) is 0 Å². The monoisotopic (exact) mass is 279 g/mol. The van der Waals surface area contributed by atoms with Gasteiger partial charge in [-0.25, -0.2) is 0 Å². The van der Waals surface area contributed by atoms with Gasteiger partial charge in [0.1, 0.15) is 0 Å². The summed E-state index contributed by atoms with van der Waals surface area (Å²) in [6.45, 7) is 0.755. The van der Waals surface area contributed by atoms with E-state index in [9.17, 15) is 4.79 Å². The molecule has 0 bridgehead atoms. The largest absolute Gasteiger partial charge is 0.493 e. The van der Waals surface area contributed by atoms with Crippen molar-refractivity contribution in [3.05, 3.63) is 23.8 Å². The smallest absolute Gasteiger partial charge is 0.255 e. The molecule has 1 aromatic rings. The molecule has 0 heterocycles. The van der Waals surface area contributed by atoms with E-state index in [0.717, 1.165) is 19.3 Å². The third kappa shape index (κ3) is 3.04. The van der Waals surface area contributed by atoms with Gasteiger partial charge < -0.3 is 19.9 Å². The molecule has 1 saturated carbocycles. The summed E-state index contributed by atoms with van der Waals surface area (Å²) < 4.78 is 10.4. The Morgan fingerprint density at radius 3 is 2.65 bits per heavy atom. The molecule has 0 aromatic heterocycles. The molecular weight excluding hydrogens is 258 g/mol. The van der Waals surface area contributed by atoms with E-state index in [4.69, 9.17) is 14.6 Å². The van der Waals surface area contributed by atoms with E-state index < -0.39 is 0 Å². The molecule has 1 amide bonds. The first-order valence-electron chi connectivity index (χ1n) is 6.76. The second-order valence-electron chi connectivity index (χ2n) is 5.20. The lowest BCUT2D eigenvalue weighted by Gasteiger charge is -2.16. The fourth-order valence-electron chi connectivity index (χ4n) is 2.36. The van der Waals surface area contributed by atoms with Gasteiger partial charge >= 0.3 is 0 Å². The summed E-state index contributed by atoms with van der Waals surface area (Å²) in [4.78, 5) is 12.3. The topological polar surface area (TPSA) is 67.8 Å². The molecule has 1 aromatic carbocycles. The van der Waals surface area contributed by atoms with Crippen molar-refractivity contribution >= 4 is 5.91 Å². The molecule has 0 unspecified atom stereocenters. The van der Waals surface area contributed by atoms with E-state index in [1.54, 1.807) is 25.3 Å². The van der Waals surface area contributed by atoms with Gasteiger partial charge in [-0.3, -0.25) is 4.79 Å². The van der Waals surface area contributed by atoms with Crippen LogP contribution in [-0.4, -0.2) is 38.4 Å². The fraction of sp³-hybridized carbons (Fsp3) is 0.533. The second-order valence-corrected chi connectivity index (χ2v) is 5.20. The minimum Gasteiger partial charge on any atom is -0.493 e. The van der Waals surface area contributed by atoms with Gasteiger partial charge in [0.2, 0.25) is 0 Å². The van der Waals surface area contributed by atoms with Crippen LogP contribution < -0.4 is 14.8 Å². The number of carbonyl (C=O) groups is 1. The Morgan fingerprint density at radius 2 is 2.10 bits per heavy atom. The number of nitrogens with one attached hydrogen (secondary N) is 1. The Morgan fingerprint density at radius 1 is 1.35 bits per heavy atom. The normalized spacial score (nSPS) is 15.6. The van der Waals surface area contributed by atoms with Gasteiger partial charge in [-0.2, -0.15) is 0 Å². The number of ether oxygens (including phenoxy) is 2. The van der Waals surface area contributed by atoms with Crippen LogP contribution in [0.1, 0.15) is 29.6 Å². The van der Waals surface area contributed by atoms with E-state index in [1.165, 1.54) is 7.11 Å². The maximum absolute atomic E-state index is 12.3. The van der Waals surface area contributed by atoms with Crippen LogP contribution >= 0.6 is 0 Å². The quantitative estimate of drug-likeness (QED) is 0.795. The number of hydrogen-bond acceptors (Lipinski definition) is 4. The van der Waals surface area contributed by atoms with E-state index >= 15 is 0 Å². The fourth-order valence-corrected chi connectivity index (χ4v) is 2.36. The summed E-state index contributed by atoms with van der Waals surface area (Å²) in [5.74, 6) is 0.807. The number of aliphatic hydroxyl groups is 1. The van der Waals surface area contributed by atoms with Crippen LogP contribution in [0.15, 0.2) is 18.2 Å². The van der Waals surface area contributed by atoms with E-state index in [1.807, 2.05) is 0 Å². The number of aliphatic hydroxyl groups excluding tert-OH is 1. The van der Waals surface area contributed by atoms with E-state index in [0.29, 0.717) is 23.6 Å². The summed E-state index contributed by atoms with van der Waals surface area (Å²) >= 11 is 0. The molecule has 20 heavy (non-hydrogen) atoms. The van der Waals surface area contributed by atoms with Gasteiger partial charge in [0, 0.05) is 13.2 Å². The zero-order valence-electron chi connectivity index (χ0n) is 11.9. The third-order valence-electron chi connectivity index (χ3n) is 3.87. The van der Waals surface area contributed by atoms with Gasteiger partial charge in [0.15, 0.2) is 11.5 Å². The van der Waals surface area contributed by atoms with Crippen LogP contribution in [0.4, 0.5) is 0 Å². The van der Waals surface area contributed by atoms with Crippen LogP contribution in [0.2, 0.25) is 0 Å². The number of rotatable bonds is 7. The van der Waals surface area contributed by atoms with Crippen molar-refractivity contribution in [3.63, 3.8) is 0 Å². The standard InChI is InChI=1S/C15H21NO4/c1-19-12-5-3-4-11(13(12)20-2)14(18)16-10-15(6-7-15)8-9-17/h3-5,17H,6-10H2,1-2H3,(H,16,18). The Bertz CT molecular complexity index is 483. The second kappa shape index (κ2) is 6.13. The highest BCUT2D eigenvalue weighted by atomic mass is 16.5. The average Bonchev–Trinajstić information content (AvgIpc) is 3.24. The van der Waals surface area contributed by atoms with Crippen LogP contribution in [0.3, 0.4) is 0 Å². The predicted octanol–water partition coefficient (Wildman–Crippen LogP) is 1.60. The number of hydrogen-bond donors (Lipinski definition) is 2. The van der Waals surface area contributed by atoms with Crippen molar-refractivity contribution in [2.75, 3.05) is 27.4 Å². The van der Waals surface area contributed by atoms with Crippen molar-refractivity contribution in [1.82, 2.24) is 5.32 Å². The zero-order chi connectivity index (χ0) is 14.6. The minimum absolute atomic E-state index is 0.0938. The lowest BCUT2D eigenvalue weighted by atomic mass is 10.0. The zero-order valence-corrected chi connectivity index (χ0v) is 11.9. The number of para-hydroxylation sites is 1. The highest BCUT2D eigenvalue weighted by Gasteiger charge is 2.42. The molecule has 1 aliphatic rings. The molecule has 0 aliphatic heterocycles. The van der Waals surface area contributed by atoms with Crippen molar-refractivity contribution in [1.29, 1.82) is 0 Å². The van der Waals surface area contributed by atoms with Gasteiger partial charge in [0.25, 0.3) is 5.91 Å². The molecule has 0 radical (unpaired) electrons. The Labute approximate surface area is 118 Å². The summed E-state index contributed by atoms with van der Waals surface area (Å²) in [7, 11) is 3.06. The van der Waals surface area contributed by atoms with E-state index in [-0.39, 0.29) is 17.9 Å². The van der Waals surface area contributed by atoms with Crippen LogP contribution in [0, 0.1) is 5.41 Å². The van der Waals surface area contributed by atoms with E-state index in [2.05, 4.69) is 5.32 Å². The molecule has 5 nitrogen and oxygen atoms in total. The highest BCUT2D eigenvalue weighted by molar-refractivity contribution is 5.97. The van der Waals surface area contributed by atoms with Gasteiger partial charge in [0.05, 0.1) is 19.8 Å². The first-order valence-corrected chi connectivity index (χ1v) is 6.76. The molecule has 2 rings (SSSR count). The number of benzene rings is 1. The SMILES string of the molecule is COc1cccc(C(=O)NCC2(CCO)CC2)c1OC. The Kier molecular flexibility index (Phi) is 4.49. The molecule has 0 saturated heterocycles. The Balaban J connectivity index is 2.06. The number of carbonyl (C=O) groups excluding carboxylic acids is 1. The molecule has 0 atom stereocenters. The molecule has 5 heteroatoms. The van der Waals surface area contributed by atoms with Gasteiger partial charge in [-0.1, -0.05) is 6.07 Å². The van der Waals surface area contributed by atoms with Crippen LogP contribution in [-0.2, 0) is 0 Å². The maximum Gasteiger partial charge on any atom is 0.255 e. The molecule has 1 aliphatic carbocycles. The number of methoxy groups -OCH3 is 2. The van der Waals surface area contributed by atoms with Gasteiger partial charge in [-0.15, -0.1) is 0 Å². The summed E-state index contributed by atoms with van der Waals surface area (Å²) in [5.41, 5.74) is 0.558. The highest BCUT2D eigenvalue weighted by Crippen LogP contribution is 2.48. The van der Waals surface area contributed by atoms with Crippen LogP contribution in [0.5, 0.6) is 11.5 Å². The predicted molar refractivity (Wildman–Crippen MR) is 75.2 cm³/mol. The number of amides is 1. The molecule has 2 N–H and O–H groups in total. The first kappa shape index (κ1) is 14.7. The van der Waals surface area contributed by atoms with Crippen molar-refractivity contribution in [2.45, 2.75) is 19.3 Å². The average molecular weight is 279 g/mol. The molecule has 1 fully saturated rings. The molecular formula is C15H21NO4. The van der Waals surface area contributed by atoms with Crippen molar-refractivity contribution < 1.29 is 19.4 Å². The third-order valence-corrected chi connectivity index (χ3v) is 3.87.